The zero-order valence-corrected chi connectivity index (χ0v) is 15.9. The molecule has 0 N–H and O–H groups in total. The Bertz CT molecular complexity index is 1490. The third-order valence-corrected chi connectivity index (χ3v) is 5.97. The SMILES string of the molecule is N#CC1=CC2c3cc(C#N)ccc3N(c3cc4ccc5ccccc5n4n3)C2C=C1. The van der Waals surface area contributed by atoms with Gasteiger partial charge in [0.25, 0.3) is 0 Å². The standard InChI is InChI=1S/C25H15N5/c26-14-16-5-9-23-20(11-16)21-12-17(15-27)6-10-24(21)29(23)25-13-19-8-7-18-3-1-2-4-22(18)30(19)28-25/h1-13,20,23H. The number of aromatic nitrogens is 2. The van der Waals surface area contributed by atoms with Gasteiger partial charge in [0.2, 0.25) is 0 Å². The highest BCUT2D eigenvalue weighted by Gasteiger charge is 2.39. The molecule has 0 amide bonds. The minimum absolute atomic E-state index is 0.00880. The largest absolute Gasteiger partial charge is 0.317 e. The number of allylic oxidation sites excluding steroid dienone is 2. The van der Waals surface area contributed by atoms with Crippen LogP contribution in [0.15, 0.2) is 84.5 Å². The number of para-hydroxylation sites is 1. The summed E-state index contributed by atoms with van der Waals surface area (Å²) in [6.07, 6.45) is 5.93. The van der Waals surface area contributed by atoms with Crippen molar-refractivity contribution >= 4 is 27.9 Å². The van der Waals surface area contributed by atoms with Crippen LogP contribution in [0, 0.1) is 22.7 Å². The highest BCUT2D eigenvalue weighted by atomic mass is 15.3. The lowest BCUT2D eigenvalue weighted by molar-refractivity contribution is 0.731. The van der Waals surface area contributed by atoms with E-state index in [1.807, 2.05) is 47.0 Å². The third kappa shape index (κ3) is 2.24. The van der Waals surface area contributed by atoms with Crippen molar-refractivity contribution in [3.8, 4) is 12.1 Å². The summed E-state index contributed by atoms with van der Waals surface area (Å²) in [7, 11) is 0. The van der Waals surface area contributed by atoms with Gasteiger partial charge in [0, 0.05) is 28.6 Å². The van der Waals surface area contributed by atoms with E-state index >= 15 is 0 Å². The quantitative estimate of drug-likeness (QED) is 0.463. The fourth-order valence-corrected chi connectivity index (χ4v) is 4.62. The molecule has 6 rings (SSSR count). The first-order chi connectivity index (χ1) is 14.8. The Hall–Kier alpha value is -4.35. The molecule has 5 heteroatoms. The average molecular weight is 385 g/mol. The topological polar surface area (TPSA) is 68.1 Å². The molecular weight excluding hydrogens is 370 g/mol. The fourth-order valence-electron chi connectivity index (χ4n) is 4.62. The van der Waals surface area contributed by atoms with Gasteiger partial charge in [-0.25, -0.2) is 4.52 Å². The molecule has 1 aliphatic carbocycles. The van der Waals surface area contributed by atoms with Gasteiger partial charge in [-0.05, 0) is 42.0 Å². The van der Waals surface area contributed by atoms with Gasteiger partial charge in [-0.3, -0.25) is 0 Å². The molecule has 2 unspecified atom stereocenters. The molecule has 2 atom stereocenters. The first-order valence-electron chi connectivity index (χ1n) is 9.78. The van der Waals surface area contributed by atoms with E-state index in [-0.39, 0.29) is 12.0 Å². The van der Waals surface area contributed by atoms with Gasteiger partial charge in [-0.2, -0.15) is 10.5 Å². The number of nitrogens with zero attached hydrogens (tertiary/aromatic N) is 5. The summed E-state index contributed by atoms with van der Waals surface area (Å²) in [6, 6.07) is 24.7. The van der Waals surface area contributed by atoms with Gasteiger partial charge in [0.05, 0.1) is 34.8 Å². The molecule has 1 aliphatic heterocycles. The van der Waals surface area contributed by atoms with Crippen LogP contribution >= 0.6 is 0 Å². The van der Waals surface area contributed by atoms with E-state index in [1.54, 1.807) is 0 Å². The Labute approximate surface area is 173 Å². The summed E-state index contributed by atoms with van der Waals surface area (Å²) < 4.78 is 1.98. The first kappa shape index (κ1) is 16.6. The Morgan fingerprint density at radius 2 is 1.83 bits per heavy atom. The number of pyridine rings is 1. The van der Waals surface area contributed by atoms with E-state index < -0.39 is 0 Å². The van der Waals surface area contributed by atoms with Crippen LogP contribution in [0.5, 0.6) is 0 Å². The predicted octanol–water partition coefficient (Wildman–Crippen LogP) is 4.98. The number of fused-ring (bicyclic) bond motifs is 6. The summed E-state index contributed by atoms with van der Waals surface area (Å²) >= 11 is 0. The summed E-state index contributed by atoms with van der Waals surface area (Å²) in [6.45, 7) is 0. The zero-order chi connectivity index (χ0) is 20.2. The lowest BCUT2D eigenvalue weighted by Gasteiger charge is -2.26. The van der Waals surface area contributed by atoms with Gasteiger partial charge in [0.1, 0.15) is 0 Å². The van der Waals surface area contributed by atoms with Crippen molar-refractivity contribution in [3.63, 3.8) is 0 Å². The highest BCUT2D eigenvalue weighted by molar-refractivity contribution is 5.84. The van der Waals surface area contributed by atoms with Crippen molar-refractivity contribution in [2.45, 2.75) is 12.0 Å². The maximum absolute atomic E-state index is 9.39. The number of hydrogen-bond donors (Lipinski definition) is 0. The molecule has 0 bridgehead atoms. The van der Waals surface area contributed by atoms with E-state index in [2.05, 4.69) is 53.4 Å². The van der Waals surface area contributed by atoms with Crippen LogP contribution in [-0.4, -0.2) is 15.7 Å². The fraction of sp³-hybridized carbons (Fsp3) is 0.0800. The monoisotopic (exact) mass is 385 g/mol. The zero-order valence-electron chi connectivity index (χ0n) is 15.9. The van der Waals surface area contributed by atoms with Crippen LogP contribution in [0.2, 0.25) is 0 Å². The Balaban J connectivity index is 1.57. The van der Waals surface area contributed by atoms with Crippen molar-refractivity contribution in [3.05, 3.63) is 95.6 Å². The summed E-state index contributed by atoms with van der Waals surface area (Å²) in [4.78, 5) is 2.21. The molecular formula is C25H15N5. The second kappa shape index (κ2) is 6.07. The minimum Gasteiger partial charge on any atom is -0.317 e. The van der Waals surface area contributed by atoms with E-state index in [0.29, 0.717) is 11.1 Å². The Kier molecular flexibility index (Phi) is 3.36. The van der Waals surface area contributed by atoms with Crippen molar-refractivity contribution in [1.29, 1.82) is 10.5 Å². The van der Waals surface area contributed by atoms with Gasteiger partial charge in [-0.1, -0.05) is 36.4 Å². The molecule has 2 aromatic carbocycles. The second-order valence-electron chi connectivity index (χ2n) is 7.60. The van der Waals surface area contributed by atoms with Crippen LogP contribution < -0.4 is 4.90 Å². The molecule has 0 saturated heterocycles. The van der Waals surface area contributed by atoms with E-state index in [1.165, 1.54) is 0 Å². The average Bonchev–Trinajstić information content (AvgIpc) is 3.37. The minimum atomic E-state index is 0.00880. The third-order valence-electron chi connectivity index (χ3n) is 5.97. The normalized spacial score (nSPS) is 19.3. The van der Waals surface area contributed by atoms with Crippen LogP contribution in [0.1, 0.15) is 17.0 Å². The molecule has 4 aromatic rings. The van der Waals surface area contributed by atoms with E-state index in [9.17, 15) is 10.5 Å². The van der Waals surface area contributed by atoms with Gasteiger partial charge in [-0.15, -0.1) is 5.10 Å². The number of hydrogen-bond acceptors (Lipinski definition) is 4. The number of rotatable bonds is 1. The predicted molar refractivity (Wildman–Crippen MR) is 115 cm³/mol. The van der Waals surface area contributed by atoms with Gasteiger partial charge < -0.3 is 4.90 Å². The van der Waals surface area contributed by atoms with Gasteiger partial charge in [0.15, 0.2) is 5.82 Å². The van der Waals surface area contributed by atoms with E-state index in [4.69, 9.17) is 5.10 Å². The van der Waals surface area contributed by atoms with Crippen LogP contribution in [0.4, 0.5) is 11.5 Å². The molecule has 5 nitrogen and oxygen atoms in total. The summed E-state index contributed by atoms with van der Waals surface area (Å²) in [5.41, 5.74) is 5.43. The Morgan fingerprint density at radius 1 is 0.933 bits per heavy atom. The van der Waals surface area contributed by atoms with Gasteiger partial charge >= 0.3 is 0 Å². The van der Waals surface area contributed by atoms with Crippen molar-refractivity contribution < 1.29 is 0 Å². The summed E-state index contributed by atoms with van der Waals surface area (Å²) in [5.74, 6) is 0.859. The molecule has 0 spiro atoms. The van der Waals surface area contributed by atoms with Crippen LogP contribution in [-0.2, 0) is 0 Å². The van der Waals surface area contributed by atoms with Crippen molar-refractivity contribution in [1.82, 2.24) is 9.61 Å². The maximum atomic E-state index is 9.39. The molecule has 2 aromatic heterocycles. The smallest absolute Gasteiger partial charge is 0.156 e. The molecule has 0 radical (unpaired) electrons. The summed E-state index contributed by atoms with van der Waals surface area (Å²) in [5, 5.41) is 24.9. The lowest BCUT2D eigenvalue weighted by atomic mass is 9.88. The number of anilines is 2. The maximum Gasteiger partial charge on any atom is 0.156 e. The molecule has 140 valence electrons. The Morgan fingerprint density at radius 3 is 2.70 bits per heavy atom. The highest BCUT2D eigenvalue weighted by Crippen LogP contribution is 2.48. The molecule has 0 fully saturated rings. The van der Waals surface area contributed by atoms with Crippen LogP contribution in [0.25, 0.3) is 16.4 Å². The second-order valence-corrected chi connectivity index (χ2v) is 7.60. The molecule has 2 aliphatic rings. The molecule has 0 saturated carbocycles. The van der Waals surface area contributed by atoms with Crippen LogP contribution in [0.3, 0.4) is 0 Å². The van der Waals surface area contributed by atoms with E-state index in [0.717, 1.165) is 33.5 Å². The van der Waals surface area contributed by atoms with Crippen molar-refractivity contribution in [2.75, 3.05) is 4.90 Å². The number of benzene rings is 2. The van der Waals surface area contributed by atoms with Crippen molar-refractivity contribution in [2.24, 2.45) is 0 Å². The molecule has 3 heterocycles. The number of nitriles is 2. The molecule has 30 heavy (non-hydrogen) atoms. The lowest BCUT2D eigenvalue weighted by Crippen LogP contribution is -2.29. The first-order valence-corrected chi connectivity index (χ1v) is 9.78.